The number of benzene rings is 2. The van der Waals surface area contributed by atoms with Gasteiger partial charge in [0.05, 0.1) is 13.2 Å². The van der Waals surface area contributed by atoms with E-state index in [-0.39, 0.29) is 5.91 Å². The van der Waals surface area contributed by atoms with Crippen LogP contribution in [-0.4, -0.2) is 55.4 Å². The van der Waals surface area contributed by atoms with E-state index in [1.807, 2.05) is 47.4 Å². The van der Waals surface area contributed by atoms with E-state index in [1.54, 1.807) is 11.8 Å². The van der Waals surface area contributed by atoms with Crippen molar-refractivity contribution in [1.29, 1.82) is 0 Å². The summed E-state index contributed by atoms with van der Waals surface area (Å²) in [6.07, 6.45) is 1.01. The molecule has 0 N–H and O–H groups in total. The third kappa shape index (κ3) is 4.60. The van der Waals surface area contributed by atoms with Crippen LogP contribution in [0.5, 0.6) is 0 Å². The molecule has 0 bridgehead atoms. The standard InChI is InChI=1S/C21H23ClN2O2S/c22-17-2-1-3-19(14-17)27-20-8-9-24(15-20)21(25)16-4-6-18(7-5-16)23-10-12-26-13-11-23/h1-7,14,20H,8-13,15H2. The van der Waals surface area contributed by atoms with E-state index in [0.29, 0.717) is 5.25 Å². The van der Waals surface area contributed by atoms with Crippen molar-refractivity contribution in [2.24, 2.45) is 0 Å². The molecule has 0 saturated carbocycles. The van der Waals surface area contributed by atoms with Crippen molar-refractivity contribution < 1.29 is 9.53 Å². The Bertz CT molecular complexity index is 793. The second kappa shape index (κ2) is 8.55. The smallest absolute Gasteiger partial charge is 0.253 e. The fourth-order valence-corrected chi connectivity index (χ4v) is 5.03. The molecule has 2 aliphatic heterocycles. The van der Waals surface area contributed by atoms with Gasteiger partial charge in [0.25, 0.3) is 5.91 Å². The number of carbonyl (C=O) groups excluding carboxylic acids is 1. The Morgan fingerprint density at radius 1 is 1.07 bits per heavy atom. The zero-order chi connectivity index (χ0) is 18.6. The fraction of sp³-hybridized carbons (Fsp3) is 0.381. The van der Waals surface area contributed by atoms with Gasteiger partial charge in [-0.25, -0.2) is 0 Å². The van der Waals surface area contributed by atoms with Crippen LogP contribution in [0.3, 0.4) is 0 Å². The number of likely N-dealkylation sites (tertiary alicyclic amines) is 1. The average molecular weight is 403 g/mol. The minimum atomic E-state index is 0.123. The first-order chi connectivity index (χ1) is 13.2. The Kier molecular flexibility index (Phi) is 5.91. The lowest BCUT2D eigenvalue weighted by atomic mass is 10.1. The van der Waals surface area contributed by atoms with Crippen LogP contribution in [0.2, 0.25) is 5.02 Å². The second-order valence-corrected chi connectivity index (χ2v) is 8.69. The first-order valence-corrected chi connectivity index (χ1v) is 10.6. The molecule has 27 heavy (non-hydrogen) atoms. The molecule has 1 atom stereocenters. The molecule has 2 saturated heterocycles. The number of nitrogens with zero attached hydrogens (tertiary/aromatic N) is 2. The minimum absolute atomic E-state index is 0.123. The molecule has 2 aliphatic rings. The van der Waals surface area contributed by atoms with Gasteiger partial charge in [0.15, 0.2) is 0 Å². The Labute approximate surface area is 169 Å². The highest BCUT2D eigenvalue weighted by molar-refractivity contribution is 8.00. The van der Waals surface area contributed by atoms with Crippen molar-refractivity contribution in [3.8, 4) is 0 Å². The zero-order valence-electron chi connectivity index (χ0n) is 15.1. The van der Waals surface area contributed by atoms with Gasteiger partial charge in [0, 0.05) is 52.6 Å². The summed E-state index contributed by atoms with van der Waals surface area (Å²) in [5.74, 6) is 0.123. The number of morpholine rings is 1. The molecule has 1 amide bonds. The summed E-state index contributed by atoms with van der Waals surface area (Å²) in [5, 5.41) is 1.17. The molecule has 0 spiro atoms. The number of thioether (sulfide) groups is 1. The molecular formula is C21H23ClN2O2S. The number of halogens is 1. The molecule has 6 heteroatoms. The second-order valence-electron chi connectivity index (χ2n) is 6.88. The van der Waals surface area contributed by atoms with Gasteiger partial charge in [-0.2, -0.15) is 0 Å². The topological polar surface area (TPSA) is 32.8 Å². The van der Waals surface area contributed by atoms with Crippen molar-refractivity contribution >= 4 is 35.0 Å². The Hall–Kier alpha value is -1.69. The highest BCUT2D eigenvalue weighted by Gasteiger charge is 2.27. The van der Waals surface area contributed by atoms with Crippen molar-refractivity contribution in [2.75, 3.05) is 44.3 Å². The van der Waals surface area contributed by atoms with Gasteiger partial charge in [0.2, 0.25) is 0 Å². The Morgan fingerprint density at radius 2 is 1.85 bits per heavy atom. The summed E-state index contributed by atoms with van der Waals surface area (Å²) in [5.41, 5.74) is 1.92. The molecule has 0 aliphatic carbocycles. The van der Waals surface area contributed by atoms with Crippen LogP contribution in [0, 0.1) is 0 Å². The summed E-state index contributed by atoms with van der Waals surface area (Å²) in [7, 11) is 0. The number of carbonyl (C=O) groups is 1. The van der Waals surface area contributed by atoms with E-state index in [0.717, 1.165) is 67.0 Å². The monoisotopic (exact) mass is 402 g/mol. The Balaban J connectivity index is 1.35. The quantitative estimate of drug-likeness (QED) is 0.767. The van der Waals surface area contributed by atoms with Crippen LogP contribution < -0.4 is 4.90 Å². The van der Waals surface area contributed by atoms with Crippen LogP contribution >= 0.6 is 23.4 Å². The van der Waals surface area contributed by atoms with Crippen molar-refractivity contribution in [3.05, 3.63) is 59.1 Å². The lowest BCUT2D eigenvalue weighted by Crippen LogP contribution is -2.36. The van der Waals surface area contributed by atoms with Crippen LogP contribution in [0.4, 0.5) is 5.69 Å². The molecule has 0 aromatic heterocycles. The highest BCUT2D eigenvalue weighted by Crippen LogP contribution is 2.31. The molecule has 2 aromatic rings. The molecular weight excluding hydrogens is 380 g/mol. The lowest BCUT2D eigenvalue weighted by molar-refractivity contribution is 0.0793. The summed E-state index contributed by atoms with van der Waals surface area (Å²) < 4.78 is 5.40. The lowest BCUT2D eigenvalue weighted by Gasteiger charge is -2.29. The van der Waals surface area contributed by atoms with Gasteiger partial charge >= 0.3 is 0 Å². The largest absolute Gasteiger partial charge is 0.378 e. The number of hydrogen-bond acceptors (Lipinski definition) is 4. The molecule has 2 fully saturated rings. The maximum Gasteiger partial charge on any atom is 0.253 e. The molecule has 2 aromatic carbocycles. The average Bonchev–Trinajstić information content (AvgIpc) is 3.17. The SMILES string of the molecule is O=C(c1ccc(N2CCOCC2)cc1)N1CCC(Sc2cccc(Cl)c2)C1. The molecule has 2 heterocycles. The van der Waals surface area contributed by atoms with Crippen molar-refractivity contribution in [3.63, 3.8) is 0 Å². The normalized spacial score (nSPS) is 20.1. The van der Waals surface area contributed by atoms with Gasteiger partial charge in [-0.15, -0.1) is 11.8 Å². The van der Waals surface area contributed by atoms with Gasteiger partial charge < -0.3 is 14.5 Å². The summed E-state index contributed by atoms with van der Waals surface area (Å²) >= 11 is 7.88. The molecule has 0 radical (unpaired) electrons. The molecule has 4 nitrogen and oxygen atoms in total. The van der Waals surface area contributed by atoms with Gasteiger partial charge in [0.1, 0.15) is 0 Å². The van der Waals surface area contributed by atoms with Crippen LogP contribution in [0.25, 0.3) is 0 Å². The van der Waals surface area contributed by atoms with E-state index in [9.17, 15) is 4.79 Å². The van der Waals surface area contributed by atoms with E-state index >= 15 is 0 Å². The number of anilines is 1. The number of rotatable bonds is 4. The third-order valence-corrected chi connectivity index (χ3v) is 6.50. The van der Waals surface area contributed by atoms with Crippen molar-refractivity contribution in [1.82, 2.24) is 4.90 Å². The van der Waals surface area contributed by atoms with E-state index in [4.69, 9.17) is 16.3 Å². The molecule has 4 rings (SSSR count). The summed E-state index contributed by atoms with van der Waals surface area (Å²) in [6, 6.07) is 15.9. The fourth-order valence-electron chi connectivity index (χ4n) is 3.56. The van der Waals surface area contributed by atoms with E-state index in [2.05, 4.69) is 11.0 Å². The third-order valence-electron chi connectivity index (χ3n) is 5.02. The number of ether oxygens (including phenoxy) is 1. The summed E-state index contributed by atoms with van der Waals surface area (Å²) in [6.45, 7) is 4.92. The summed E-state index contributed by atoms with van der Waals surface area (Å²) in [4.78, 5) is 18.3. The maximum absolute atomic E-state index is 12.8. The zero-order valence-corrected chi connectivity index (χ0v) is 16.7. The maximum atomic E-state index is 12.8. The van der Waals surface area contributed by atoms with Crippen LogP contribution in [0.15, 0.2) is 53.4 Å². The van der Waals surface area contributed by atoms with Gasteiger partial charge in [-0.3, -0.25) is 4.79 Å². The number of hydrogen-bond donors (Lipinski definition) is 0. The Morgan fingerprint density at radius 3 is 2.59 bits per heavy atom. The molecule has 1 unspecified atom stereocenters. The minimum Gasteiger partial charge on any atom is -0.378 e. The number of amides is 1. The predicted octanol–water partition coefficient (Wildman–Crippen LogP) is 4.18. The first kappa shape index (κ1) is 18.7. The van der Waals surface area contributed by atoms with Gasteiger partial charge in [-0.1, -0.05) is 17.7 Å². The van der Waals surface area contributed by atoms with Crippen LogP contribution in [-0.2, 0) is 4.74 Å². The first-order valence-electron chi connectivity index (χ1n) is 9.33. The van der Waals surface area contributed by atoms with E-state index in [1.165, 1.54) is 0 Å². The van der Waals surface area contributed by atoms with E-state index < -0.39 is 0 Å². The van der Waals surface area contributed by atoms with Gasteiger partial charge in [-0.05, 0) is 48.9 Å². The predicted molar refractivity (Wildman–Crippen MR) is 111 cm³/mol. The molecule has 142 valence electrons. The highest BCUT2D eigenvalue weighted by atomic mass is 35.5. The van der Waals surface area contributed by atoms with Crippen LogP contribution in [0.1, 0.15) is 16.8 Å². The van der Waals surface area contributed by atoms with Crippen molar-refractivity contribution in [2.45, 2.75) is 16.6 Å².